The Bertz CT molecular complexity index is 1030. The Morgan fingerprint density at radius 3 is 2.45 bits per heavy atom. The second-order valence-electron chi connectivity index (χ2n) is 6.54. The van der Waals surface area contributed by atoms with E-state index in [4.69, 9.17) is 4.74 Å². The molecule has 0 unspecified atom stereocenters. The van der Waals surface area contributed by atoms with E-state index in [1.165, 1.54) is 28.2 Å². The minimum atomic E-state index is -0.751. The summed E-state index contributed by atoms with van der Waals surface area (Å²) in [5.74, 6) is -1.39. The van der Waals surface area contributed by atoms with Crippen LogP contribution >= 0.6 is 11.8 Å². The van der Waals surface area contributed by atoms with Crippen molar-refractivity contribution in [2.45, 2.75) is 23.6 Å². The Morgan fingerprint density at radius 2 is 1.72 bits per heavy atom. The zero-order valence-electron chi connectivity index (χ0n) is 16.1. The number of phenols is 1. The molecule has 1 amide bonds. The fraction of sp³-hybridized carbons (Fsp3) is 0.130. The van der Waals surface area contributed by atoms with Gasteiger partial charge in [-0.3, -0.25) is 4.79 Å². The van der Waals surface area contributed by atoms with Gasteiger partial charge in [0.05, 0.1) is 0 Å². The van der Waals surface area contributed by atoms with Gasteiger partial charge in [0, 0.05) is 15.5 Å². The van der Waals surface area contributed by atoms with Gasteiger partial charge in [0.25, 0.3) is 5.91 Å². The highest BCUT2D eigenvalue weighted by Crippen LogP contribution is 2.31. The maximum absolute atomic E-state index is 12.0. The molecule has 3 aromatic rings. The number of rotatable bonds is 6. The molecule has 6 heteroatoms. The zero-order chi connectivity index (χ0) is 20.8. The molecule has 0 saturated carbocycles. The molecular formula is C23H21NO4S. The largest absolute Gasteiger partial charge is 0.507 e. The van der Waals surface area contributed by atoms with E-state index in [0.29, 0.717) is 5.69 Å². The molecule has 0 atom stereocenters. The molecule has 29 heavy (non-hydrogen) atoms. The molecule has 0 heterocycles. The summed E-state index contributed by atoms with van der Waals surface area (Å²) in [4.78, 5) is 26.2. The molecule has 0 saturated heterocycles. The lowest BCUT2D eigenvalue weighted by atomic mass is 10.2. The summed E-state index contributed by atoms with van der Waals surface area (Å²) in [6.07, 6.45) is 0. The van der Waals surface area contributed by atoms with E-state index in [1.54, 1.807) is 36.0 Å². The predicted molar refractivity (Wildman–Crippen MR) is 114 cm³/mol. The lowest BCUT2D eigenvalue weighted by molar-refractivity contribution is -0.119. The van der Waals surface area contributed by atoms with Crippen LogP contribution < -0.4 is 5.32 Å². The average Bonchev–Trinajstić information content (AvgIpc) is 2.71. The van der Waals surface area contributed by atoms with Crippen LogP contribution in [0.2, 0.25) is 0 Å². The van der Waals surface area contributed by atoms with Crippen molar-refractivity contribution >= 4 is 29.3 Å². The Morgan fingerprint density at radius 1 is 1.00 bits per heavy atom. The molecule has 0 aliphatic heterocycles. The number of aryl methyl sites for hydroxylation is 2. The fourth-order valence-electron chi connectivity index (χ4n) is 2.60. The third kappa shape index (κ3) is 5.62. The minimum absolute atomic E-state index is 0.0214. The van der Waals surface area contributed by atoms with Gasteiger partial charge in [-0.25, -0.2) is 4.79 Å². The van der Waals surface area contributed by atoms with Crippen molar-refractivity contribution in [3.8, 4) is 5.75 Å². The summed E-state index contributed by atoms with van der Waals surface area (Å²) >= 11 is 1.66. The SMILES string of the molecule is Cc1ccc(C)c(Sc2ccc(NC(=O)COC(=O)c3ccccc3O)cc2)c1. The van der Waals surface area contributed by atoms with Crippen LogP contribution in [-0.2, 0) is 9.53 Å². The number of hydrogen-bond acceptors (Lipinski definition) is 5. The highest BCUT2D eigenvalue weighted by molar-refractivity contribution is 7.99. The molecule has 0 fully saturated rings. The standard InChI is InChI=1S/C23H21NO4S/c1-15-7-8-16(2)21(13-15)29-18-11-9-17(10-12-18)24-22(26)14-28-23(27)19-5-3-4-6-20(19)25/h3-13,25H,14H2,1-2H3,(H,24,26). The molecule has 0 aliphatic rings. The third-order valence-corrected chi connectivity index (χ3v) is 5.34. The van der Waals surface area contributed by atoms with Crippen molar-refractivity contribution in [1.29, 1.82) is 0 Å². The molecule has 0 bridgehead atoms. The van der Waals surface area contributed by atoms with Gasteiger partial charge in [-0.15, -0.1) is 0 Å². The number of carbonyl (C=O) groups excluding carboxylic acids is 2. The van der Waals surface area contributed by atoms with Crippen LogP contribution in [-0.4, -0.2) is 23.6 Å². The number of para-hydroxylation sites is 1. The maximum Gasteiger partial charge on any atom is 0.342 e. The van der Waals surface area contributed by atoms with Gasteiger partial charge in [-0.05, 0) is 67.4 Å². The van der Waals surface area contributed by atoms with E-state index in [2.05, 4.69) is 37.4 Å². The van der Waals surface area contributed by atoms with Crippen LogP contribution in [0.25, 0.3) is 0 Å². The minimum Gasteiger partial charge on any atom is -0.507 e. The topological polar surface area (TPSA) is 75.6 Å². The summed E-state index contributed by atoms with van der Waals surface area (Å²) in [6, 6.07) is 19.8. The molecule has 0 spiro atoms. The first-order valence-electron chi connectivity index (χ1n) is 9.02. The van der Waals surface area contributed by atoms with E-state index >= 15 is 0 Å². The lowest BCUT2D eigenvalue weighted by Crippen LogP contribution is -2.20. The summed E-state index contributed by atoms with van der Waals surface area (Å²) in [6.45, 7) is 3.70. The van der Waals surface area contributed by atoms with Crippen LogP contribution in [0.1, 0.15) is 21.5 Å². The van der Waals surface area contributed by atoms with Crippen LogP contribution in [0.5, 0.6) is 5.75 Å². The van der Waals surface area contributed by atoms with E-state index in [-0.39, 0.29) is 11.3 Å². The molecule has 0 aromatic heterocycles. The number of amides is 1. The van der Waals surface area contributed by atoms with Crippen LogP contribution in [0.15, 0.2) is 76.5 Å². The third-order valence-electron chi connectivity index (χ3n) is 4.17. The molecule has 2 N–H and O–H groups in total. The van der Waals surface area contributed by atoms with Gasteiger partial charge in [0.1, 0.15) is 11.3 Å². The molecule has 3 rings (SSSR count). The van der Waals surface area contributed by atoms with Gasteiger partial charge in [0.15, 0.2) is 6.61 Å². The van der Waals surface area contributed by atoms with Gasteiger partial charge in [-0.1, -0.05) is 36.0 Å². The number of carbonyl (C=O) groups is 2. The number of esters is 1. The van der Waals surface area contributed by atoms with Gasteiger partial charge in [0.2, 0.25) is 0 Å². The van der Waals surface area contributed by atoms with Crippen LogP contribution in [0, 0.1) is 13.8 Å². The molecule has 0 aliphatic carbocycles. The Kier molecular flexibility index (Phi) is 6.57. The molecule has 148 valence electrons. The number of hydrogen-bond donors (Lipinski definition) is 2. The van der Waals surface area contributed by atoms with Gasteiger partial charge < -0.3 is 15.2 Å². The zero-order valence-corrected chi connectivity index (χ0v) is 17.0. The number of nitrogens with one attached hydrogen (secondary N) is 1. The summed E-state index contributed by atoms with van der Waals surface area (Å²) < 4.78 is 4.95. The monoisotopic (exact) mass is 407 g/mol. The highest BCUT2D eigenvalue weighted by Gasteiger charge is 2.13. The van der Waals surface area contributed by atoms with Crippen molar-refractivity contribution in [3.05, 3.63) is 83.4 Å². The molecule has 5 nitrogen and oxygen atoms in total. The number of benzene rings is 3. The normalized spacial score (nSPS) is 10.4. The smallest absolute Gasteiger partial charge is 0.342 e. The lowest BCUT2D eigenvalue weighted by Gasteiger charge is -2.09. The summed E-state index contributed by atoms with van der Waals surface area (Å²) in [5.41, 5.74) is 3.05. The van der Waals surface area contributed by atoms with Gasteiger partial charge in [-0.2, -0.15) is 0 Å². The number of anilines is 1. The van der Waals surface area contributed by atoms with Crippen LogP contribution in [0.3, 0.4) is 0 Å². The summed E-state index contributed by atoms with van der Waals surface area (Å²) in [7, 11) is 0. The first-order chi connectivity index (χ1) is 13.9. The number of phenolic OH excluding ortho intramolecular Hbond substituents is 1. The molecule has 3 aromatic carbocycles. The number of ether oxygens (including phenoxy) is 1. The van der Waals surface area contributed by atoms with E-state index in [9.17, 15) is 14.7 Å². The molecular weight excluding hydrogens is 386 g/mol. The molecule has 0 radical (unpaired) electrons. The fourth-order valence-corrected chi connectivity index (χ4v) is 3.60. The predicted octanol–water partition coefficient (Wildman–Crippen LogP) is 4.96. The quantitative estimate of drug-likeness (QED) is 0.565. The first kappa shape index (κ1) is 20.5. The Hall–Kier alpha value is -3.25. The highest BCUT2D eigenvalue weighted by atomic mass is 32.2. The Labute approximate surface area is 173 Å². The van der Waals surface area contributed by atoms with E-state index in [0.717, 1.165) is 4.90 Å². The van der Waals surface area contributed by atoms with Crippen LogP contribution in [0.4, 0.5) is 5.69 Å². The second-order valence-corrected chi connectivity index (χ2v) is 7.65. The van der Waals surface area contributed by atoms with E-state index in [1.807, 2.05) is 12.1 Å². The second kappa shape index (κ2) is 9.30. The van der Waals surface area contributed by atoms with Crippen molar-refractivity contribution in [2.75, 3.05) is 11.9 Å². The van der Waals surface area contributed by atoms with Gasteiger partial charge >= 0.3 is 5.97 Å². The van der Waals surface area contributed by atoms with Crippen molar-refractivity contribution in [2.24, 2.45) is 0 Å². The maximum atomic E-state index is 12.0. The van der Waals surface area contributed by atoms with Crippen molar-refractivity contribution in [3.63, 3.8) is 0 Å². The first-order valence-corrected chi connectivity index (χ1v) is 9.84. The summed E-state index contributed by atoms with van der Waals surface area (Å²) in [5, 5.41) is 12.3. The van der Waals surface area contributed by atoms with Crippen molar-refractivity contribution in [1.82, 2.24) is 0 Å². The average molecular weight is 407 g/mol. The van der Waals surface area contributed by atoms with Crippen molar-refractivity contribution < 1.29 is 19.4 Å². The van der Waals surface area contributed by atoms with E-state index < -0.39 is 18.5 Å². The number of aromatic hydroxyl groups is 1. The Balaban J connectivity index is 1.54.